The molecule has 1 saturated carbocycles. The third kappa shape index (κ3) is 4.18. The Bertz CT molecular complexity index is 964. The Kier molecular flexibility index (Phi) is 5.29. The van der Waals surface area contributed by atoms with E-state index in [0.717, 1.165) is 24.4 Å². The molecule has 0 atom stereocenters. The van der Waals surface area contributed by atoms with Crippen LogP contribution >= 0.6 is 0 Å². The summed E-state index contributed by atoms with van der Waals surface area (Å²) < 4.78 is 0. The quantitative estimate of drug-likeness (QED) is 0.691. The fourth-order valence-electron chi connectivity index (χ4n) is 3.36. The molecule has 7 nitrogen and oxygen atoms in total. The first-order valence-electron chi connectivity index (χ1n) is 9.38. The van der Waals surface area contributed by atoms with Crippen molar-refractivity contribution >= 4 is 17.2 Å². The predicted octanol–water partition coefficient (Wildman–Crippen LogP) is 3.57. The minimum atomic E-state index is 0.416. The molecule has 4 rings (SSSR count). The van der Waals surface area contributed by atoms with E-state index in [-0.39, 0.29) is 0 Å². The van der Waals surface area contributed by atoms with Gasteiger partial charge in [0.25, 0.3) is 0 Å². The van der Waals surface area contributed by atoms with Gasteiger partial charge in [-0.25, -0.2) is 9.97 Å². The third-order valence-corrected chi connectivity index (χ3v) is 4.72. The van der Waals surface area contributed by atoms with E-state index < -0.39 is 0 Å². The van der Waals surface area contributed by atoms with E-state index in [2.05, 4.69) is 37.0 Å². The molecule has 1 aliphatic carbocycles. The molecule has 0 unspecified atom stereocenters. The lowest BCUT2D eigenvalue weighted by molar-refractivity contribution is 0.743. The maximum atomic E-state index is 9.77. The number of nitrogens with zero attached hydrogens (tertiary/aromatic N) is 4. The largest absolute Gasteiger partial charge is 0.351 e. The van der Waals surface area contributed by atoms with Crippen LogP contribution in [0, 0.1) is 11.3 Å². The van der Waals surface area contributed by atoms with Gasteiger partial charge >= 0.3 is 0 Å². The molecule has 2 aromatic heterocycles. The molecule has 3 N–H and O–H groups in total. The average Bonchev–Trinajstić information content (AvgIpc) is 3.23. The van der Waals surface area contributed by atoms with Gasteiger partial charge in [-0.05, 0) is 43.2 Å². The lowest BCUT2D eigenvalue weighted by Gasteiger charge is -2.18. The molecule has 2 aromatic rings. The van der Waals surface area contributed by atoms with E-state index in [1.807, 2.05) is 30.4 Å². The van der Waals surface area contributed by atoms with Crippen LogP contribution in [-0.2, 0) is 0 Å². The van der Waals surface area contributed by atoms with E-state index in [1.54, 1.807) is 24.7 Å². The molecule has 1 aliphatic heterocycles. The van der Waals surface area contributed by atoms with Gasteiger partial charge in [-0.1, -0.05) is 18.9 Å². The van der Waals surface area contributed by atoms with Crippen LogP contribution in [0.1, 0.15) is 31.4 Å². The van der Waals surface area contributed by atoms with Crippen molar-refractivity contribution in [2.75, 3.05) is 10.6 Å². The second kappa shape index (κ2) is 8.35. The molecule has 0 amide bonds. The number of anilines is 2. The smallest absolute Gasteiger partial charge is 0.223 e. The van der Waals surface area contributed by atoms with Gasteiger partial charge in [-0.2, -0.15) is 5.26 Å². The maximum absolute atomic E-state index is 9.77. The Morgan fingerprint density at radius 2 is 2.11 bits per heavy atom. The third-order valence-electron chi connectivity index (χ3n) is 4.72. The zero-order chi connectivity index (χ0) is 19.2. The molecular formula is C21H21N7. The van der Waals surface area contributed by atoms with Crippen LogP contribution in [0.5, 0.6) is 0 Å². The zero-order valence-corrected chi connectivity index (χ0v) is 15.4. The van der Waals surface area contributed by atoms with Crippen molar-refractivity contribution in [3.63, 3.8) is 0 Å². The fourth-order valence-corrected chi connectivity index (χ4v) is 3.36. The molecule has 2 aliphatic rings. The Morgan fingerprint density at radius 1 is 1.21 bits per heavy atom. The number of nitrogens with one attached hydrogen (secondary N) is 3. The summed E-state index contributed by atoms with van der Waals surface area (Å²) in [6, 6.07) is 8.23. The summed E-state index contributed by atoms with van der Waals surface area (Å²) in [5.74, 6) is 1.33. The second-order valence-electron chi connectivity index (χ2n) is 6.72. The summed E-state index contributed by atoms with van der Waals surface area (Å²) in [4.78, 5) is 13.0. The van der Waals surface area contributed by atoms with Crippen molar-refractivity contribution in [2.45, 2.75) is 31.7 Å². The average molecular weight is 371 g/mol. The molecule has 0 saturated heterocycles. The number of nitriles is 1. The van der Waals surface area contributed by atoms with Gasteiger partial charge in [0.05, 0.1) is 23.3 Å². The first-order valence-corrected chi connectivity index (χ1v) is 9.38. The molecule has 28 heavy (non-hydrogen) atoms. The summed E-state index contributed by atoms with van der Waals surface area (Å²) in [7, 11) is 0. The van der Waals surface area contributed by atoms with Crippen molar-refractivity contribution in [1.29, 1.82) is 5.26 Å². The summed E-state index contributed by atoms with van der Waals surface area (Å²) in [6.45, 7) is 0. The van der Waals surface area contributed by atoms with Crippen molar-refractivity contribution < 1.29 is 0 Å². The standard InChI is InChI=1S/C21H21N7/c22-13-17(19-10-12-24-21(28-19)26-15-5-1-2-6-15)18-8-3-9-20(27-18)25-16-7-4-11-23-14-16/h3-4,7-12,14-15,25,27H,1-2,5-6H2,(H,24,26,28)/b18-17-. The summed E-state index contributed by atoms with van der Waals surface area (Å²) in [5, 5.41) is 19.7. The predicted molar refractivity (Wildman–Crippen MR) is 109 cm³/mol. The van der Waals surface area contributed by atoms with Crippen LogP contribution in [0.4, 0.5) is 11.6 Å². The highest BCUT2D eigenvalue weighted by molar-refractivity contribution is 5.79. The van der Waals surface area contributed by atoms with Gasteiger partial charge in [-0.15, -0.1) is 0 Å². The Labute approximate surface area is 163 Å². The Balaban J connectivity index is 1.54. The highest BCUT2D eigenvalue weighted by Crippen LogP contribution is 2.23. The van der Waals surface area contributed by atoms with Crippen LogP contribution in [0.3, 0.4) is 0 Å². The van der Waals surface area contributed by atoms with Crippen LogP contribution in [0.15, 0.2) is 66.5 Å². The van der Waals surface area contributed by atoms with Crippen LogP contribution in [0.25, 0.3) is 5.57 Å². The number of pyridine rings is 1. The molecule has 7 heteroatoms. The lowest BCUT2D eigenvalue weighted by atomic mass is 10.1. The SMILES string of the molecule is N#C/C(=C1\C=CC=C(Nc2cccnc2)N1)c1ccnc(NC2CCCC2)n1. The molecule has 0 bridgehead atoms. The van der Waals surface area contributed by atoms with E-state index >= 15 is 0 Å². The van der Waals surface area contributed by atoms with Gasteiger partial charge < -0.3 is 16.0 Å². The highest BCUT2D eigenvalue weighted by Gasteiger charge is 2.17. The maximum Gasteiger partial charge on any atom is 0.223 e. The van der Waals surface area contributed by atoms with E-state index in [1.165, 1.54) is 12.8 Å². The molecule has 3 heterocycles. The summed E-state index contributed by atoms with van der Waals surface area (Å²) in [5.41, 5.74) is 2.60. The van der Waals surface area contributed by atoms with Gasteiger partial charge in [0, 0.05) is 18.4 Å². The van der Waals surface area contributed by atoms with Crippen molar-refractivity contribution in [1.82, 2.24) is 20.3 Å². The Morgan fingerprint density at radius 3 is 2.89 bits per heavy atom. The van der Waals surface area contributed by atoms with E-state index in [4.69, 9.17) is 0 Å². The van der Waals surface area contributed by atoms with E-state index in [9.17, 15) is 5.26 Å². The van der Waals surface area contributed by atoms with Gasteiger partial charge in [0.1, 0.15) is 17.5 Å². The number of hydrogen-bond donors (Lipinski definition) is 3. The van der Waals surface area contributed by atoms with Crippen LogP contribution in [-0.4, -0.2) is 21.0 Å². The first kappa shape index (κ1) is 17.7. The minimum Gasteiger partial charge on any atom is -0.351 e. The summed E-state index contributed by atoms with van der Waals surface area (Å²) >= 11 is 0. The summed E-state index contributed by atoms with van der Waals surface area (Å²) in [6.07, 6.45) is 15.5. The number of aromatic nitrogens is 3. The minimum absolute atomic E-state index is 0.416. The number of dihydropyridines is 1. The molecule has 140 valence electrons. The highest BCUT2D eigenvalue weighted by atomic mass is 15.1. The van der Waals surface area contributed by atoms with Crippen LogP contribution in [0.2, 0.25) is 0 Å². The van der Waals surface area contributed by atoms with Gasteiger partial charge in [-0.3, -0.25) is 4.98 Å². The van der Waals surface area contributed by atoms with E-state index in [0.29, 0.717) is 29.0 Å². The lowest BCUT2D eigenvalue weighted by Crippen LogP contribution is -2.21. The normalized spacial score (nSPS) is 18.0. The molecule has 0 aromatic carbocycles. The van der Waals surface area contributed by atoms with Gasteiger partial charge in [0.15, 0.2) is 0 Å². The first-order chi connectivity index (χ1) is 13.8. The number of allylic oxidation sites excluding steroid dienone is 4. The molecule has 1 fully saturated rings. The second-order valence-corrected chi connectivity index (χ2v) is 6.72. The molecule has 0 radical (unpaired) electrons. The Hall–Kier alpha value is -3.66. The number of hydrogen-bond acceptors (Lipinski definition) is 7. The number of rotatable bonds is 5. The fraction of sp³-hybridized carbons (Fsp3) is 0.238. The zero-order valence-electron chi connectivity index (χ0n) is 15.4. The van der Waals surface area contributed by atoms with Gasteiger partial charge in [0.2, 0.25) is 5.95 Å². The van der Waals surface area contributed by atoms with Crippen molar-refractivity contribution in [2.24, 2.45) is 0 Å². The van der Waals surface area contributed by atoms with Crippen molar-refractivity contribution in [3.05, 3.63) is 72.2 Å². The van der Waals surface area contributed by atoms with Crippen molar-refractivity contribution in [3.8, 4) is 6.07 Å². The molecule has 0 spiro atoms. The topological polar surface area (TPSA) is 98.5 Å². The monoisotopic (exact) mass is 371 g/mol. The molecular weight excluding hydrogens is 350 g/mol. The van der Waals surface area contributed by atoms with Crippen LogP contribution < -0.4 is 16.0 Å².